The molecule has 1 atom stereocenters. The Labute approximate surface area is 135 Å². The van der Waals surface area contributed by atoms with Crippen molar-refractivity contribution in [3.63, 3.8) is 0 Å². The Morgan fingerprint density at radius 3 is 2.36 bits per heavy atom. The number of ether oxygens (including phenoxy) is 1. The summed E-state index contributed by atoms with van der Waals surface area (Å²) in [5.41, 5.74) is 0. The molecule has 2 aliphatic rings. The summed E-state index contributed by atoms with van der Waals surface area (Å²) in [6, 6.07) is 0.0450. The van der Waals surface area contributed by atoms with Crippen LogP contribution in [0.5, 0.6) is 0 Å². The third kappa shape index (κ3) is 5.21. The van der Waals surface area contributed by atoms with Crippen LogP contribution in [0.1, 0.15) is 39.0 Å². The van der Waals surface area contributed by atoms with Gasteiger partial charge in [-0.1, -0.05) is 12.8 Å². The van der Waals surface area contributed by atoms with Gasteiger partial charge in [-0.15, -0.1) is 0 Å². The van der Waals surface area contributed by atoms with Crippen molar-refractivity contribution in [1.29, 1.82) is 0 Å². The summed E-state index contributed by atoms with van der Waals surface area (Å²) in [7, 11) is 1.75. The molecule has 0 aromatic heterocycles. The Morgan fingerprint density at radius 1 is 0.955 bits per heavy atom. The van der Waals surface area contributed by atoms with Gasteiger partial charge in [0.2, 0.25) is 5.91 Å². The van der Waals surface area contributed by atoms with E-state index in [2.05, 4.69) is 21.6 Å². The number of hydrogen-bond donors (Lipinski definition) is 0. The molecule has 2 fully saturated rings. The van der Waals surface area contributed by atoms with Gasteiger partial charge in [-0.05, 0) is 45.8 Å². The zero-order chi connectivity index (χ0) is 15.8. The molecule has 2 heterocycles. The molecule has 2 saturated heterocycles. The molecular weight excluding hydrogens is 278 g/mol. The molecule has 128 valence electrons. The minimum atomic E-state index is 0.0450. The Morgan fingerprint density at radius 2 is 1.68 bits per heavy atom. The van der Waals surface area contributed by atoms with E-state index in [0.29, 0.717) is 5.91 Å². The van der Waals surface area contributed by atoms with E-state index in [-0.39, 0.29) is 6.04 Å². The van der Waals surface area contributed by atoms with Gasteiger partial charge >= 0.3 is 0 Å². The highest BCUT2D eigenvalue weighted by molar-refractivity contribution is 5.81. The number of nitrogens with zero attached hydrogens (tertiary/aromatic N) is 3. The fraction of sp³-hybridized carbons (Fsp3) is 0.941. The lowest BCUT2D eigenvalue weighted by Gasteiger charge is -2.31. The maximum atomic E-state index is 12.8. The molecule has 5 nitrogen and oxygen atoms in total. The minimum Gasteiger partial charge on any atom is -0.383 e. The number of carbonyl (C=O) groups excluding carboxylic acids is 1. The van der Waals surface area contributed by atoms with Crippen LogP contribution < -0.4 is 0 Å². The molecule has 5 heteroatoms. The smallest absolute Gasteiger partial charge is 0.239 e. The molecule has 0 spiro atoms. The topological polar surface area (TPSA) is 36.0 Å². The van der Waals surface area contributed by atoms with Crippen molar-refractivity contribution < 1.29 is 9.53 Å². The predicted octanol–water partition coefficient (Wildman–Crippen LogP) is 1.43. The first-order chi connectivity index (χ1) is 10.7. The van der Waals surface area contributed by atoms with Gasteiger partial charge in [-0.25, -0.2) is 0 Å². The summed E-state index contributed by atoms with van der Waals surface area (Å²) in [5, 5.41) is 0. The molecule has 0 radical (unpaired) electrons. The maximum Gasteiger partial charge on any atom is 0.239 e. The zero-order valence-electron chi connectivity index (χ0n) is 14.4. The Hall–Kier alpha value is -0.650. The van der Waals surface area contributed by atoms with Crippen molar-refractivity contribution >= 4 is 5.91 Å². The van der Waals surface area contributed by atoms with Gasteiger partial charge in [-0.2, -0.15) is 0 Å². The Kier molecular flexibility index (Phi) is 7.63. The van der Waals surface area contributed by atoms with Crippen LogP contribution in [0.15, 0.2) is 0 Å². The average Bonchev–Trinajstić information content (AvgIpc) is 2.94. The van der Waals surface area contributed by atoms with E-state index in [4.69, 9.17) is 4.74 Å². The summed E-state index contributed by atoms with van der Waals surface area (Å²) in [6.07, 6.45) is 6.18. The van der Waals surface area contributed by atoms with E-state index in [9.17, 15) is 4.79 Å². The molecule has 1 amide bonds. The van der Waals surface area contributed by atoms with Gasteiger partial charge < -0.3 is 9.64 Å². The van der Waals surface area contributed by atoms with Crippen LogP contribution in [0.4, 0.5) is 0 Å². The zero-order valence-corrected chi connectivity index (χ0v) is 14.4. The second kappa shape index (κ2) is 9.48. The quantitative estimate of drug-likeness (QED) is 0.770. The summed E-state index contributed by atoms with van der Waals surface area (Å²) in [4.78, 5) is 19.7. The van der Waals surface area contributed by atoms with Gasteiger partial charge in [0, 0.05) is 33.3 Å². The summed E-state index contributed by atoms with van der Waals surface area (Å²) in [5.74, 6) is 0.329. The fourth-order valence-corrected chi connectivity index (χ4v) is 3.54. The number of hydrogen-bond acceptors (Lipinski definition) is 4. The first kappa shape index (κ1) is 17.7. The maximum absolute atomic E-state index is 12.8. The largest absolute Gasteiger partial charge is 0.383 e. The molecule has 2 aliphatic heterocycles. The molecule has 0 unspecified atom stereocenters. The highest BCUT2D eigenvalue weighted by atomic mass is 16.5. The number of rotatable bonds is 5. The van der Waals surface area contributed by atoms with Crippen molar-refractivity contribution in [1.82, 2.24) is 14.7 Å². The first-order valence-corrected chi connectivity index (χ1v) is 8.96. The molecule has 0 aromatic carbocycles. The predicted molar refractivity (Wildman–Crippen MR) is 89.0 cm³/mol. The summed E-state index contributed by atoms with van der Waals surface area (Å²) in [6.45, 7) is 9.83. The first-order valence-electron chi connectivity index (χ1n) is 8.96. The van der Waals surface area contributed by atoms with Crippen molar-refractivity contribution in [3.8, 4) is 0 Å². The van der Waals surface area contributed by atoms with E-state index >= 15 is 0 Å². The summed E-state index contributed by atoms with van der Waals surface area (Å²) >= 11 is 0. The van der Waals surface area contributed by atoms with Crippen molar-refractivity contribution in [2.45, 2.75) is 45.1 Å². The third-order valence-electron chi connectivity index (χ3n) is 5.06. The van der Waals surface area contributed by atoms with Gasteiger partial charge in [0.25, 0.3) is 0 Å². The molecule has 0 aromatic rings. The van der Waals surface area contributed by atoms with Crippen LogP contribution in [0.25, 0.3) is 0 Å². The molecule has 0 N–H and O–H groups in total. The SMILES string of the molecule is COCCN1CCCN(C(=O)[C@@H](C)N2CCCCCC2)CC1. The van der Waals surface area contributed by atoms with Crippen LogP contribution >= 0.6 is 0 Å². The number of likely N-dealkylation sites (tertiary alicyclic amines) is 1. The highest BCUT2D eigenvalue weighted by Crippen LogP contribution is 2.15. The number of carbonyl (C=O) groups is 1. The molecular formula is C17H33N3O2. The van der Waals surface area contributed by atoms with E-state index in [1.54, 1.807) is 7.11 Å². The lowest BCUT2D eigenvalue weighted by Crippen LogP contribution is -2.48. The molecule has 22 heavy (non-hydrogen) atoms. The van der Waals surface area contributed by atoms with E-state index < -0.39 is 0 Å². The van der Waals surface area contributed by atoms with Gasteiger partial charge in [0.15, 0.2) is 0 Å². The Bertz CT molecular complexity index is 330. The van der Waals surface area contributed by atoms with Crippen LogP contribution in [-0.2, 0) is 9.53 Å². The fourth-order valence-electron chi connectivity index (χ4n) is 3.54. The van der Waals surface area contributed by atoms with Crippen molar-refractivity contribution in [2.24, 2.45) is 0 Å². The van der Waals surface area contributed by atoms with E-state index in [1.165, 1.54) is 25.7 Å². The monoisotopic (exact) mass is 311 g/mol. The minimum absolute atomic E-state index is 0.0450. The van der Waals surface area contributed by atoms with Crippen molar-refractivity contribution in [2.75, 3.05) is 59.5 Å². The van der Waals surface area contributed by atoms with Gasteiger partial charge in [0.1, 0.15) is 0 Å². The molecule has 0 saturated carbocycles. The van der Waals surface area contributed by atoms with Gasteiger partial charge in [0.05, 0.1) is 12.6 Å². The Balaban J connectivity index is 1.83. The summed E-state index contributed by atoms with van der Waals surface area (Å²) < 4.78 is 5.16. The normalized spacial score (nSPS) is 23.8. The second-order valence-corrected chi connectivity index (χ2v) is 6.64. The molecule has 0 bridgehead atoms. The molecule has 2 rings (SSSR count). The van der Waals surface area contributed by atoms with E-state index in [0.717, 1.165) is 58.8 Å². The van der Waals surface area contributed by atoms with Gasteiger partial charge in [-0.3, -0.25) is 14.6 Å². The number of methoxy groups -OCH3 is 1. The number of amides is 1. The second-order valence-electron chi connectivity index (χ2n) is 6.64. The standard InChI is InChI=1S/C17H33N3O2/c1-16(19-9-5-3-4-6-10-19)17(21)20-11-7-8-18(12-13-20)14-15-22-2/h16H,3-15H2,1-2H3/t16-/m1/s1. The lowest BCUT2D eigenvalue weighted by atomic mass is 10.2. The lowest BCUT2D eigenvalue weighted by molar-refractivity contribution is -0.136. The van der Waals surface area contributed by atoms with Crippen LogP contribution in [-0.4, -0.2) is 86.2 Å². The van der Waals surface area contributed by atoms with E-state index in [1.807, 2.05) is 0 Å². The van der Waals surface area contributed by atoms with Crippen LogP contribution in [0.3, 0.4) is 0 Å². The third-order valence-corrected chi connectivity index (χ3v) is 5.06. The molecule has 0 aliphatic carbocycles. The van der Waals surface area contributed by atoms with Crippen LogP contribution in [0, 0.1) is 0 Å². The van der Waals surface area contributed by atoms with Crippen molar-refractivity contribution in [3.05, 3.63) is 0 Å². The average molecular weight is 311 g/mol. The highest BCUT2D eigenvalue weighted by Gasteiger charge is 2.27. The van der Waals surface area contributed by atoms with Crippen LogP contribution in [0.2, 0.25) is 0 Å².